The lowest BCUT2D eigenvalue weighted by Crippen LogP contribution is -2.47. The van der Waals surface area contributed by atoms with Gasteiger partial charge in [0.05, 0.1) is 5.92 Å². The van der Waals surface area contributed by atoms with Gasteiger partial charge in [-0.2, -0.15) is 13.2 Å². The molecule has 0 aromatic carbocycles. The molecule has 0 heterocycles. The van der Waals surface area contributed by atoms with E-state index in [0.717, 1.165) is 12.8 Å². The Kier molecular flexibility index (Phi) is 4.17. The summed E-state index contributed by atoms with van der Waals surface area (Å²) in [5.74, 6) is -1.19. The summed E-state index contributed by atoms with van der Waals surface area (Å²) in [5.41, 5.74) is 5.68. The molecule has 2 N–H and O–H groups in total. The summed E-state index contributed by atoms with van der Waals surface area (Å²) >= 11 is 0. The molecule has 0 aromatic rings. The lowest BCUT2D eigenvalue weighted by molar-refractivity contribution is -0.187. The molecule has 0 aromatic heterocycles. The second-order valence-electron chi connectivity index (χ2n) is 6.76. The van der Waals surface area contributed by atoms with E-state index >= 15 is 0 Å². The zero-order valence-corrected chi connectivity index (χ0v) is 11.0. The number of nitrogens with two attached hydrogens (primary N) is 1. The van der Waals surface area contributed by atoms with Crippen molar-refractivity contribution in [1.29, 1.82) is 0 Å². The van der Waals surface area contributed by atoms with Gasteiger partial charge in [0.1, 0.15) is 0 Å². The van der Waals surface area contributed by atoms with Crippen LogP contribution in [-0.4, -0.2) is 11.7 Å². The second-order valence-corrected chi connectivity index (χ2v) is 6.76. The minimum atomic E-state index is -4.08. The van der Waals surface area contributed by atoms with Gasteiger partial charge >= 0.3 is 6.18 Å². The molecule has 4 heteroatoms. The van der Waals surface area contributed by atoms with E-state index in [-0.39, 0.29) is 18.3 Å². The first-order valence-corrected chi connectivity index (χ1v) is 6.38. The highest BCUT2D eigenvalue weighted by Gasteiger charge is 2.46. The third kappa shape index (κ3) is 4.86. The van der Waals surface area contributed by atoms with Crippen molar-refractivity contribution in [2.45, 2.75) is 71.0 Å². The van der Waals surface area contributed by atoms with Gasteiger partial charge in [0.15, 0.2) is 0 Å². The Morgan fingerprint density at radius 3 is 2.29 bits per heavy atom. The molecule has 1 saturated carbocycles. The van der Waals surface area contributed by atoms with Gasteiger partial charge < -0.3 is 5.73 Å². The van der Waals surface area contributed by atoms with Crippen LogP contribution < -0.4 is 5.73 Å². The lowest BCUT2D eigenvalue weighted by atomic mass is 9.71. The predicted octanol–water partition coefficient (Wildman–Crippen LogP) is 4.26. The van der Waals surface area contributed by atoms with E-state index in [4.69, 9.17) is 5.73 Å². The topological polar surface area (TPSA) is 26.0 Å². The maximum atomic E-state index is 12.7. The SMILES string of the molecule is CC(C)(C)CCC1(N)CCCC(C(F)(F)F)C1. The molecule has 2 atom stereocenters. The molecule has 1 aliphatic carbocycles. The van der Waals surface area contributed by atoms with Crippen molar-refractivity contribution >= 4 is 0 Å². The van der Waals surface area contributed by atoms with E-state index in [1.165, 1.54) is 0 Å². The first kappa shape index (κ1) is 14.8. The normalized spacial score (nSPS) is 31.6. The van der Waals surface area contributed by atoms with E-state index in [1.807, 2.05) is 0 Å². The van der Waals surface area contributed by atoms with Crippen LogP contribution in [0.25, 0.3) is 0 Å². The van der Waals surface area contributed by atoms with Gasteiger partial charge in [0.25, 0.3) is 0 Å². The molecule has 1 nitrogen and oxygen atoms in total. The molecule has 2 unspecified atom stereocenters. The molecular formula is C13H24F3N. The molecule has 0 radical (unpaired) electrons. The van der Waals surface area contributed by atoms with Crippen LogP contribution in [0.5, 0.6) is 0 Å². The highest BCUT2D eigenvalue weighted by Crippen LogP contribution is 2.43. The zero-order chi connectivity index (χ0) is 13.3. The Morgan fingerprint density at radius 1 is 1.24 bits per heavy atom. The predicted molar refractivity (Wildman–Crippen MR) is 63.6 cm³/mol. The monoisotopic (exact) mass is 251 g/mol. The molecule has 0 spiro atoms. The minimum absolute atomic E-state index is 0.104. The van der Waals surface area contributed by atoms with Gasteiger partial charge in [0.2, 0.25) is 0 Å². The molecule has 1 aliphatic rings. The van der Waals surface area contributed by atoms with Crippen LogP contribution in [0.2, 0.25) is 0 Å². The van der Waals surface area contributed by atoms with Crippen molar-refractivity contribution in [3.05, 3.63) is 0 Å². The average Bonchev–Trinajstić information content (AvgIpc) is 2.13. The van der Waals surface area contributed by atoms with Crippen LogP contribution in [-0.2, 0) is 0 Å². The van der Waals surface area contributed by atoms with Crippen molar-refractivity contribution < 1.29 is 13.2 Å². The number of hydrogen-bond acceptors (Lipinski definition) is 1. The van der Waals surface area contributed by atoms with E-state index < -0.39 is 17.6 Å². The summed E-state index contributed by atoms with van der Waals surface area (Å²) in [4.78, 5) is 0. The average molecular weight is 251 g/mol. The molecule has 1 rings (SSSR count). The summed E-state index contributed by atoms with van der Waals surface area (Å²) in [6.07, 6.45) is -0.811. The number of hydrogen-bond donors (Lipinski definition) is 1. The Labute approximate surface area is 102 Å². The second kappa shape index (κ2) is 4.79. The summed E-state index contributed by atoms with van der Waals surface area (Å²) in [6.45, 7) is 6.29. The smallest absolute Gasteiger partial charge is 0.325 e. The van der Waals surface area contributed by atoms with Gasteiger partial charge in [-0.3, -0.25) is 0 Å². The fourth-order valence-electron chi connectivity index (χ4n) is 2.53. The Bertz CT molecular complexity index is 254. The summed E-state index contributed by atoms with van der Waals surface area (Å²) in [7, 11) is 0. The maximum absolute atomic E-state index is 12.7. The third-order valence-electron chi connectivity index (χ3n) is 3.72. The minimum Gasteiger partial charge on any atom is -0.325 e. The first-order valence-electron chi connectivity index (χ1n) is 6.38. The van der Waals surface area contributed by atoms with Crippen molar-refractivity contribution in [3.8, 4) is 0 Å². The van der Waals surface area contributed by atoms with Gasteiger partial charge in [-0.15, -0.1) is 0 Å². The number of alkyl halides is 3. The molecule has 102 valence electrons. The van der Waals surface area contributed by atoms with E-state index in [2.05, 4.69) is 20.8 Å². The fraction of sp³-hybridized carbons (Fsp3) is 1.00. The van der Waals surface area contributed by atoms with Gasteiger partial charge in [-0.25, -0.2) is 0 Å². The molecule has 0 aliphatic heterocycles. The van der Waals surface area contributed by atoms with Crippen LogP contribution in [0.4, 0.5) is 13.2 Å². The van der Waals surface area contributed by atoms with E-state index in [0.29, 0.717) is 12.8 Å². The van der Waals surface area contributed by atoms with Crippen molar-refractivity contribution in [3.63, 3.8) is 0 Å². The molecule has 0 saturated heterocycles. The highest BCUT2D eigenvalue weighted by atomic mass is 19.4. The quantitative estimate of drug-likeness (QED) is 0.779. The van der Waals surface area contributed by atoms with Crippen molar-refractivity contribution in [2.75, 3.05) is 0 Å². The van der Waals surface area contributed by atoms with Gasteiger partial charge in [-0.05, 0) is 37.5 Å². The molecule has 0 amide bonds. The molecular weight excluding hydrogens is 227 g/mol. The zero-order valence-electron chi connectivity index (χ0n) is 11.0. The highest BCUT2D eigenvalue weighted by molar-refractivity contribution is 4.93. The first-order chi connectivity index (χ1) is 7.52. The van der Waals surface area contributed by atoms with E-state index in [1.54, 1.807) is 0 Å². The Morgan fingerprint density at radius 2 is 1.82 bits per heavy atom. The van der Waals surface area contributed by atoms with Crippen molar-refractivity contribution in [1.82, 2.24) is 0 Å². The molecule has 17 heavy (non-hydrogen) atoms. The maximum Gasteiger partial charge on any atom is 0.391 e. The third-order valence-corrected chi connectivity index (χ3v) is 3.72. The van der Waals surface area contributed by atoms with Crippen molar-refractivity contribution in [2.24, 2.45) is 17.1 Å². The largest absolute Gasteiger partial charge is 0.391 e. The van der Waals surface area contributed by atoms with E-state index in [9.17, 15) is 13.2 Å². The van der Waals surface area contributed by atoms with Gasteiger partial charge in [-0.1, -0.05) is 27.2 Å². The van der Waals surface area contributed by atoms with Crippen LogP contribution in [0, 0.1) is 11.3 Å². The van der Waals surface area contributed by atoms with Crippen LogP contribution in [0.3, 0.4) is 0 Å². The Hall–Kier alpha value is -0.250. The standard InChI is InChI=1S/C13H24F3N/c1-11(2,3)7-8-12(17)6-4-5-10(9-12)13(14,15)16/h10H,4-9,17H2,1-3H3. The van der Waals surface area contributed by atoms with Crippen LogP contribution >= 0.6 is 0 Å². The molecule has 0 bridgehead atoms. The summed E-state index contributed by atoms with van der Waals surface area (Å²) in [5, 5.41) is 0. The Balaban J connectivity index is 2.58. The summed E-state index contributed by atoms with van der Waals surface area (Å²) < 4.78 is 38.1. The number of rotatable bonds is 2. The number of halogens is 3. The fourth-order valence-corrected chi connectivity index (χ4v) is 2.53. The van der Waals surface area contributed by atoms with Crippen LogP contribution in [0.15, 0.2) is 0 Å². The lowest BCUT2D eigenvalue weighted by Gasteiger charge is -2.40. The van der Waals surface area contributed by atoms with Crippen LogP contribution in [0.1, 0.15) is 59.3 Å². The molecule has 1 fully saturated rings. The summed E-state index contributed by atoms with van der Waals surface area (Å²) in [6, 6.07) is 0. The van der Waals surface area contributed by atoms with Gasteiger partial charge in [0, 0.05) is 5.54 Å².